The zero-order valence-electron chi connectivity index (χ0n) is 13.2. The van der Waals surface area contributed by atoms with E-state index < -0.39 is 0 Å². The van der Waals surface area contributed by atoms with Crippen LogP contribution >= 0.6 is 0 Å². The van der Waals surface area contributed by atoms with Crippen molar-refractivity contribution in [1.82, 2.24) is 4.90 Å². The SMILES string of the molecule is CCCC1CCCN(C(=O)Cc2ccc(CN)cc2)CC1. The molecule has 1 atom stereocenters. The molecule has 1 aliphatic rings. The molecule has 1 heterocycles. The number of hydrogen-bond donors (Lipinski definition) is 1. The third-order valence-electron chi connectivity index (χ3n) is 4.51. The Balaban J connectivity index is 1.87. The largest absolute Gasteiger partial charge is 0.342 e. The number of rotatable bonds is 5. The smallest absolute Gasteiger partial charge is 0.226 e. The van der Waals surface area contributed by atoms with Gasteiger partial charge in [0, 0.05) is 19.6 Å². The molecule has 0 saturated carbocycles. The van der Waals surface area contributed by atoms with Crippen LogP contribution in [0.4, 0.5) is 0 Å². The molecular weight excluding hydrogens is 260 g/mol. The molecule has 2 N–H and O–H groups in total. The number of hydrogen-bond acceptors (Lipinski definition) is 2. The van der Waals surface area contributed by atoms with Crippen molar-refractivity contribution in [3.63, 3.8) is 0 Å². The van der Waals surface area contributed by atoms with E-state index >= 15 is 0 Å². The Bertz CT molecular complexity index is 441. The summed E-state index contributed by atoms with van der Waals surface area (Å²) in [6.45, 7) is 4.67. The summed E-state index contributed by atoms with van der Waals surface area (Å²) in [6, 6.07) is 8.08. The Hall–Kier alpha value is -1.35. The molecule has 1 unspecified atom stereocenters. The molecule has 1 aromatic carbocycles. The molecule has 3 heteroatoms. The lowest BCUT2D eigenvalue weighted by Gasteiger charge is -2.21. The third kappa shape index (κ3) is 4.85. The average molecular weight is 288 g/mol. The summed E-state index contributed by atoms with van der Waals surface area (Å²) in [7, 11) is 0. The molecule has 3 nitrogen and oxygen atoms in total. The van der Waals surface area contributed by atoms with Gasteiger partial charge < -0.3 is 10.6 Å². The van der Waals surface area contributed by atoms with Crippen molar-refractivity contribution in [1.29, 1.82) is 0 Å². The first-order chi connectivity index (χ1) is 10.2. The summed E-state index contributed by atoms with van der Waals surface area (Å²) in [6.07, 6.45) is 6.69. The fourth-order valence-electron chi connectivity index (χ4n) is 3.19. The van der Waals surface area contributed by atoms with E-state index in [1.165, 1.54) is 25.7 Å². The second-order valence-corrected chi connectivity index (χ2v) is 6.16. The summed E-state index contributed by atoms with van der Waals surface area (Å²) in [5.74, 6) is 1.09. The first-order valence-corrected chi connectivity index (χ1v) is 8.28. The van der Waals surface area contributed by atoms with Crippen LogP contribution in [0.15, 0.2) is 24.3 Å². The van der Waals surface area contributed by atoms with Crippen LogP contribution in [0.2, 0.25) is 0 Å². The molecule has 1 amide bonds. The van der Waals surface area contributed by atoms with Gasteiger partial charge in [-0.2, -0.15) is 0 Å². The second-order valence-electron chi connectivity index (χ2n) is 6.16. The van der Waals surface area contributed by atoms with E-state index in [4.69, 9.17) is 5.73 Å². The topological polar surface area (TPSA) is 46.3 Å². The molecule has 0 spiro atoms. The van der Waals surface area contributed by atoms with Crippen LogP contribution in [-0.4, -0.2) is 23.9 Å². The van der Waals surface area contributed by atoms with Crippen molar-refractivity contribution in [3.8, 4) is 0 Å². The minimum atomic E-state index is 0.271. The fourth-order valence-corrected chi connectivity index (χ4v) is 3.19. The Morgan fingerprint density at radius 3 is 2.57 bits per heavy atom. The summed E-state index contributed by atoms with van der Waals surface area (Å²) < 4.78 is 0. The maximum Gasteiger partial charge on any atom is 0.226 e. The first-order valence-electron chi connectivity index (χ1n) is 8.28. The molecule has 1 aromatic rings. The molecule has 1 aliphatic heterocycles. The predicted molar refractivity (Wildman–Crippen MR) is 86.9 cm³/mol. The lowest BCUT2D eigenvalue weighted by Crippen LogP contribution is -2.33. The van der Waals surface area contributed by atoms with E-state index in [1.807, 2.05) is 24.3 Å². The van der Waals surface area contributed by atoms with Crippen LogP contribution in [0.1, 0.15) is 50.2 Å². The molecule has 0 radical (unpaired) electrons. The minimum Gasteiger partial charge on any atom is -0.342 e. The van der Waals surface area contributed by atoms with E-state index in [0.717, 1.165) is 36.6 Å². The van der Waals surface area contributed by atoms with Crippen molar-refractivity contribution in [2.75, 3.05) is 13.1 Å². The van der Waals surface area contributed by atoms with Gasteiger partial charge in [-0.3, -0.25) is 4.79 Å². The molecule has 21 heavy (non-hydrogen) atoms. The Kier molecular flexibility index (Phi) is 6.24. The van der Waals surface area contributed by atoms with Gasteiger partial charge in [0.25, 0.3) is 0 Å². The molecule has 116 valence electrons. The van der Waals surface area contributed by atoms with Gasteiger partial charge in [-0.05, 0) is 36.3 Å². The van der Waals surface area contributed by atoms with Gasteiger partial charge in [0.15, 0.2) is 0 Å². The third-order valence-corrected chi connectivity index (χ3v) is 4.51. The van der Waals surface area contributed by atoms with E-state index in [2.05, 4.69) is 11.8 Å². The van der Waals surface area contributed by atoms with Gasteiger partial charge in [-0.15, -0.1) is 0 Å². The number of amides is 1. The molecule has 0 aliphatic carbocycles. The van der Waals surface area contributed by atoms with Crippen LogP contribution in [0.3, 0.4) is 0 Å². The van der Waals surface area contributed by atoms with E-state index in [1.54, 1.807) is 0 Å². The highest BCUT2D eigenvalue weighted by atomic mass is 16.2. The second kappa shape index (κ2) is 8.18. The highest BCUT2D eigenvalue weighted by Gasteiger charge is 2.20. The lowest BCUT2D eigenvalue weighted by molar-refractivity contribution is -0.130. The van der Waals surface area contributed by atoms with E-state index in [9.17, 15) is 4.79 Å². The standard InChI is InChI=1S/C18H28N2O/c1-2-4-15-5-3-11-20(12-10-15)18(21)13-16-6-8-17(14-19)9-7-16/h6-9,15H,2-5,10-14,19H2,1H3. The summed E-state index contributed by atoms with van der Waals surface area (Å²) >= 11 is 0. The molecule has 1 fully saturated rings. The predicted octanol–water partition coefficient (Wildman–Crippen LogP) is 3.12. The van der Waals surface area contributed by atoms with Gasteiger partial charge in [0.05, 0.1) is 6.42 Å². The molecule has 2 rings (SSSR count). The monoisotopic (exact) mass is 288 g/mol. The van der Waals surface area contributed by atoms with Crippen molar-refractivity contribution in [2.45, 2.75) is 52.0 Å². The van der Waals surface area contributed by atoms with Crippen LogP contribution < -0.4 is 5.73 Å². The number of benzene rings is 1. The normalized spacial score (nSPS) is 19.3. The lowest BCUT2D eigenvalue weighted by atomic mass is 9.96. The maximum atomic E-state index is 12.4. The highest BCUT2D eigenvalue weighted by Crippen LogP contribution is 2.22. The van der Waals surface area contributed by atoms with Crippen molar-refractivity contribution in [2.24, 2.45) is 11.7 Å². The van der Waals surface area contributed by atoms with Gasteiger partial charge in [-0.25, -0.2) is 0 Å². The van der Waals surface area contributed by atoms with Crippen LogP contribution in [0, 0.1) is 5.92 Å². The van der Waals surface area contributed by atoms with Gasteiger partial charge in [-0.1, -0.05) is 44.0 Å². The molecule has 0 aromatic heterocycles. The van der Waals surface area contributed by atoms with Gasteiger partial charge in [0.2, 0.25) is 5.91 Å². The highest BCUT2D eigenvalue weighted by molar-refractivity contribution is 5.78. The number of likely N-dealkylation sites (tertiary alicyclic amines) is 1. The van der Waals surface area contributed by atoms with Crippen molar-refractivity contribution < 1.29 is 4.79 Å². The Morgan fingerprint density at radius 2 is 1.90 bits per heavy atom. The minimum absolute atomic E-state index is 0.271. The number of carbonyl (C=O) groups excluding carboxylic acids is 1. The molecule has 0 bridgehead atoms. The average Bonchev–Trinajstić information content (AvgIpc) is 2.74. The van der Waals surface area contributed by atoms with Crippen LogP contribution in [-0.2, 0) is 17.8 Å². The van der Waals surface area contributed by atoms with Crippen LogP contribution in [0.5, 0.6) is 0 Å². The molecule has 1 saturated heterocycles. The first kappa shape index (κ1) is 16.0. The summed E-state index contributed by atoms with van der Waals surface area (Å²) in [5.41, 5.74) is 7.80. The fraction of sp³-hybridized carbons (Fsp3) is 0.611. The van der Waals surface area contributed by atoms with Crippen molar-refractivity contribution >= 4 is 5.91 Å². The van der Waals surface area contributed by atoms with Gasteiger partial charge in [0.1, 0.15) is 0 Å². The summed E-state index contributed by atoms with van der Waals surface area (Å²) in [4.78, 5) is 14.5. The maximum absolute atomic E-state index is 12.4. The van der Waals surface area contributed by atoms with Crippen LogP contribution in [0.25, 0.3) is 0 Å². The summed E-state index contributed by atoms with van der Waals surface area (Å²) in [5, 5.41) is 0. The number of nitrogens with zero attached hydrogens (tertiary/aromatic N) is 1. The zero-order chi connectivity index (χ0) is 15.1. The van der Waals surface area contributed by atoms with Gasteiger partial charge >= 0.3 is 0 Å². The van der Waals surface area contributed by atoms with E-state index in [-0.39, 0.29) is 5.91 Å². The van der Waals surface area contributed by atoms with E-state index in [0.29, 0.717) is 13.0 Å². The Labute approximate surface area is 128 Å². The molecular formula is C18H28N2O. The van der Waals surface area contributed by atoms with Crippen molar-refractivity contribution in [3.05, 3.63) is 35.4 Å². The zero-order valence-corrected chi connectivity index (χ0v) is 13.2. The Morgan fingerprint density at radius 1 is 1.19 bits per heavy atom. The number of nitrogens with two attached hydrogens (primary N) is 1. The quantitative estimate of drug-likeness (QED) is 0.905. The number of carbonyl (C=O) groups is 1.